The van der Waals surface area contributed by atoms with Crippen molar-refractivity contribution in [3.63, 3.8) is 0 Å². The fraction of sp³-hybridized carbons (Fsp3) is 0.545. The normalized spacial score (nSPS) is 21.8. The summed E-state index contributed by atoms with van der Waals surface area (Å²) in [6, 6.07) is 0. The molecule has 1 aliphatic carbocycles. The molecule has 0 aromatic heterocycles. The summed E-state index contributed by atoms with van der Waals surface area (Å²) in [6.07, 6.45) is 13.6. The highest BCUT2D eigenvalue weighted by Gasteiger charge is 2.09. The molecule has 0 saturated carbocycles. The Morgan fingerprint density at radius 1 is 1.33 bits per heavy atom. The van der Waals surface area contributed by atoms with Crippen LogP contribution in [-0.2, 0) is 0 Å². The zero-order valence-electron chi connectivity index (χ0n) is 7.62. The van der Waals surface area contributed by atoms with Gasteiger partial charge in [-0.3, -0.25) is 0 Å². The Balaban J connectivity index is 2.28. The lowest BCUT2D eigenvalue weighted by atomic mass is 9.94. The second-order valence-corrected chi connectivity index (χ2v) is 3.72. The zero-order chi connectivity index (χ0) is 8.81. The first-order chi connectivity index (χ1) is 5.84. The first kappa shape index (κ1) is 9.66. The summed E-state index contributed by atoms with van der Waals surface area (Å²) in [4.78, 5) is 1.11. The van der Waals surface area contributed by atoms with Crippen LogP contribution >= 0.6 is 12.2 Å². The van der Waals surface area contributed by atoms with E-state index < -0.39 is 0 Å². The van der Waals surface area contributed by atoms with E-state index in [1.165, 1.54) is 25.7 Å². The minimum Gasteiger partial charge on any atom is -0.0843 e. The fourth-order valence-corrected chi connectivity index (χ4v) is 1.69. The minimum absolute atomic E-state index is 0.538. The van der Waals surface area contributed by atoms with Gasteiger partial charge in [0.25, 0.3) is 0 Å². The van der Waals surface area contributed by atoms with Gasteiger partial charge in [0, 0.05) is 10.8 Å². The zero-order valence-corrected chi connectivity index (χ0v) is 8.44. The summed E-state index contributed by atoms with van der Waals surface area (Å²) in [5, 5.41) is 0. The molecule has 0 spiro atoms. The summed E-state index contributed by atoms with van der Waals surface area (Å²) in [5.41, 5.74) is 0. The number of hydrogen-bond acceptors (Lipinski definition) is 1. The Kier molecular flexibility index (Phi) is 4.23. The van der Waals surface area contributed by atoms with Crippen molar-refractivity contribution in [2.45, 2.75) is 32.6 Å². The highest BCUT2D eigenvalue weighted by Crippen LogP contribution is 2.17. The highest BCUT2D eigenvalue weighted by molar-refractivity contribution is 7.80. The van der Waals surface area contributed by atoms with E-state index in [9.17, 15) is 0 Å². The van der Waals surface area contributed by atoms with Crippen LogP contribution in [0.3, 0.4) is 0 Å². The van der Waals surface area contributed by atoms with Crippen molar-refractivity contribution < 1.29 is 0 Å². The molecule has 0 radical (unpaired) electrons. The molecule has 0 bridgehead atoms. The lowest BCUT2D eigenvalue weighted by Gasteiger charge is -2.13. The Labute approximate surface area is 80.4 Å². The molecule has 0 heterocycles. The van der Waals surface area contributed by atoms with E-state index in [0.29, 0.717) is 5.92 Å². The molecule has 1 heteroatoms. The maximum absolute atomic E-state index is 5.24. The predicted molar refractivity (Wildman–Crippen MR) is 58.5 cm³/mol. The van der Waals surface area contributed by atoms with E-state index in [-0.39, 0.29) is 0 Å². The van der Waals surface area contributed by atoms with Crippen LogP contribution in [-0.4, -0.2) is 4.86 Å². The molecule has 0 saturated heterocycles. The van der Waals surface area contributed by atoms with Gasteiger partial charge in [-0.05, 0) is 12.5 Å². The molecule has 0 aromatic rings. The Morgan fingerprint density at radius 3 is 2.83 bits per heavy atom. The van der Waals surface area contributed by atoms with Gasteiger partial charge in [0.2, 0.25) is 0 Å². The number of hydrogen-bond donors (Lipinski definition) is 0. The molecule has 1 aliphatic rings. The number of rotatable bonds is 4. The molecule has 0 N–H and O–H groups in total. The molecule has 66 valence electrons. The van der Waals surface area contributed by atoms with Crippen LogP contribution in [0.25, 0.3) is 0 Å². The molecule has 0 nitrogen and oxygen atoms in total. The van der Waals surface area contributed by atoms with Gasteiger partial charge in [0.15, 0.2) is 0 Å². The van der Waals surface area contributed by atoms with E-state index in [1.54, 1.807) is 0 Å². The van der Waals surface area contributed by atoms with Crippen LogP contribution < -0.4 is 0 Å². The van der Waals surface area contributed by atoms with Crippen molar-refractivity contribution >= 4 is 17.1 Å². The fourth-order valence-electron chi connectivity index (χ4n) is 1.42. The monoisotopic (exact) mass is 180 g/mol. The highest BCUT2D eigenvalue weighted by atomic mass is 32.1. The second-order valence-electron chi connectivity index (χ2n) is 3.25. The average Bonchev–Trinajstić information content (AvgIpc) is 2.09. The van der Waals surface area contributed by atoms with Crippen LogP contribution in [0.2, 0.25) is 0 Å². The minimum atomic E-state index is 0.538. The summed E-state index contributed by atoms with van der Waals surface area (Å²) in [6.45, 7) is 2.23. The van der Waals surface area contributed by atoms with Crippen LogP contribution in [0, 0.1) is 5.92 Å². The first-order valence-electron chi connectivity index (χ1n) is 4.73. The van der Waals surface area contributed by atoms with Crippen molar-refractivity contribution in [3.8, 4) is 0 Å². The molecule has 0 fully saturated rings. The van der Waals surface area contributed by atoms with Crippen molar-refractivity contribution in [3.05, 3.63) is 24.3 Å². The van der Waals surface area contributed by atoms with E-state index in [2.05, 4.69) is 19.1 Å². The van der Waals surface area contributed by atoms with Crippen LogP contribution in [0.1, 0.15) is 32.6 Å². The van der Waals surface area contributed by atoms with Gasteiger partial charge >= 0.3 is 0 Å². The Bertz CT molecular complexity index is 201. The summed E-state index contributed by atoms with van der Waals surface area (Å²) in [5.74, 6) is 0.538. The Hall–Kier alpha value is -0.430. The summed E-state index contributed by atoms with van der Waals surface area (Å²) < 4.78 is 0. The summed E-state index contributed by atoms with van der Waals surface area (Å²) >= 11 is 5.24. The predicted octanol–water partition coefficient (Wildman–Crippen LogP) is 3.68. The SMILES string of the molecule is CCCCCC1C=CC=CC1=S. The standard InChI is InChI=1S/C11H16S/c1-2-3-4-7-10-8-5-6-9-11(10)12/h5-6,8-10H,2-4,7H2,1H3. The van der Waals surface area contributed by atoms with Gasteiger partial charge < -0.3 is 0 Å². The number of thiocarbonyl (C=S) groups is 1. The van der Waals surface area contributed by atoms with Gasteiger partial charge in [0.05, 0.1) is 0 Å². The van der Waals surface area contributed by atoms with E-state index in [0.717, 1.165) is 4.86 Å². The molecular weight excluding hydrogens is 164 g/mol. The van der Waals surface area contributed by atoms with Crippen molar-refractivity contribution in [1.29, 1.82) is 0 Å². The molecule has 1 unspecified atom stereocenters. The lowest BCUT2D eigenvalue weighted by molar-refractivity contribution is 0.632. The van der Waals surface area contributed by atoms with E-state index in [1.807, 2.05) is 12.2 Å². The molecule has 1 atom stereocenters. The van der Waals surface area contributed by atoms with Crippen molar-refractivity contribution in [1.82, 2.24) is 0 Å². The van der Waals surface area contributed by atoms with Gasteiger partial charge in [-0.15, -0.1) is 0 Å². The molecule has 1 rings (SSSR count). The first-order valence-corrected chi connectivity index (χ1v) is 5.14. The maximum atomic E-state index is 5.24. The average molecular weight is 180 g/mol. The maximum Gasteiger partial charge on any atom is 0.0220 e. The second kappa shape index (κ2) is 5.26. The molecule has 12 heavy (non-hydrogen) atoms. The van der Waals surface area contributed by atoms with Gasteiger partial charge in [0.1, 0.15) is 0 Å². The largest absolute Gasteiger partial charge is 0.0843 e. The van der Waals surface area contributed by atoms with Crippen LogP contribution in [0.5, 0.6) is 0 Å². The third-order valence-electron chi connectivity index (χ3n) is 2.20. The smallest absolute Gasteiger partial charge is 0.0220 e. The van der Waals surface area contributed by atoms with Gasteiger partial charge in [-0.2, -0.15) is 0 Å². The molecule has 0 aromatic carbocycles. The lowest BCUT2D eigenvalue weighted by Crippen LogP contribution is -2.09. The van der Waals surface area contributed by atoms with Crippen molar-refractivity contribution in [2.24, 2.45) is 5.92 Å². The number of allylic oxidation sites excluding steroid dienone is 4. The topological polar surface area (TPSA) is 0 Å². The number of unbranched alkanes of at least 4 members (excludes halogenated alkanes) is 2. The van der Waals surface area contributed by atoms with E-state index >= 15 is 0 Å². The van der Waals surface area contributed by atoms with Crippen molar-refractivity contribution in [2.75, 3.05) is 0 Å². The third-order valence-corrected chi connectivity index (χ3v) is 2.64. The third kappa shape index (κ3) is 2.90. The van der Waals surface area contributed by atoms with Gasteiger partial charge in [-0.25, -0.2) is 0 Å². The van der Waals surface area contributed by atoms with Crippen LogP contribution in [0.15, 0.2) is 24.3 Å². The van der Waals surface area contributed by atoms with E-state index in [4.69, 9.17) is 12.2 Å². The molecule has 0 amide bonds. The molecule has 0 aliphatic heterocycles. The molecular formula is C11H16S. The van der Waals surface area contributed by atoms with Gasteiger partial charge in [-0.1, -0.05) is 56.6 Å². The van der Waals surface area contributed by atoms with Crippen LogP contribution in [0.4, 0.5) is 0 Å². The Morgan fingerprint density at radius 2 is 2.17 bits per heavy atom. The summed E-state index contributed by atoms with van der Waals surface area (Å²) in [7, 11) is 0. The quantitative estimate of drug-likeness (QED) is 0.470.